The number of benzene rings is 1. The summed E-state index contributed by atoms with van der Waals surface area (Å²) in [4.78, 5) is 12.6. The Balaban J connectivity index is 1.83. The molecule has 0 saturated heterocycles. The molecular weight excluding hydrogens is 498 g/mol. The van der Waals surface area contributed by atoms with Crippen molar-refractivity contribution in [1.82, 2.24) is 29.7 Å². The minimum absolute atomic E-state index is 0.0758. The number of sulfonamides is 1. The third-order valence-corrected chi connectivity index (χ3v) is 7.36. The van der Waals surface area contributed by atoms with Crippen molar-refractivity contribution in [3.05, 3.63) is 66.5 Å². The van der Waals surface area contributed by atoms with E-state index in [4.69, 9.17) is 14.2 Å². The number of anilines is 1. The maximum absolute atomic E-state index is 13.6. The molecule has 0 fully saturated rings. The van der Waals surface area contributed by atoms with Gasteiger partial charge in [0, 0.05) is 37.5 Å². The standard InChI is InChI=1S/C24H27N7O5S/c1-15-12-26-22(27-13-15)21(36-5)16(2)37(32,33)30-24-29-28-23(17-8-7-11-25-14-17)31(24)20-18(34-3)9-6-10-19(20)35-4/h6-14,16,21H,1-5H3,(H,29,30)/t16?,21-/m1/s1. The van der Waals surface area contributed by atoms with Gasteiger partial charge in [-0.1, -0.05) is 6.07 Å². The fraction of sp³-hybridized carbons (Fsp3) is 0.292. The molecule has 0 saturated carbocycles. The molecule has 12 nitrogen and oxygen atoms in total. The first-order chi connectivity index (χ1) is 17.8. The Bertz CT molecular complexity index is 1440. The minimum Gasteiger partial charge on any atom is -0.494 e. The number of aromatic nitrogens is 6. The fourth-order valence-electron chi connectivity index (χ4n) is 3.74. The summed E-state index contributed by atoms with van der Waals surface area (Å²) >= 11 is 0. The molecule has 3 heterocycles. The summed E-state index contributed by atoms with van der Waals surface area (Å²) in [6.45, 7) is 3.35. The van der Waals surface area contributed by atoms with E-state index in [-0.39, 0.29) is 11.8 Å². The second-order valence-electron chi connectivity index (χ2n) is 8.06. The van der Waals surface area contributed by atoms with Crippen LogP contribution in [0.2, 0.25) is 0 Å². The van der Waals surface area contributed by atoms with Crippen LogP contribution in [-0.2, 0) is 14.8 Å². The normalized spacial score (nSPS) is 13.1. The third-order valence-electron chi connectivity index (χ3n) is 5.67. The van der Waals surface area contributed by atoms with E-state index in [9.17, 15) is 8.42 Å². The van der Waals surface area contributed by atoms with E-state index in [0.29, 0.717) is 28.6 Å². The highest BCUT2D eigenvalue weighted by Crippen LogP contribution is 2.38. The van der Waals surface area contributed by atoms with Gasteiger partial charge in [-0.05, 0) is 43.7 Å². The van der Waals surface area contributed by atoms with Crippen molar-refractivity contribution < 1.29 is 22.6 Å². The van der Waals surface area contributed by atoms with E-state index in [2.05, 4.69) is 29.9 Å². The summed E-state index contributed by atoms with van der Waals surface area (Å²) in [7, 11) is 0.314. The highest BCUT2D eigenvalue weighted by molar-refractivity contribution is 7.93. The molecule has 1 N–H and O–H groups in total. The molecule has 1 aromatic carbocycles. The van der Waals surface area contributed by atoms with Crippen molar-refractivity contribution in [1.29, 1.82) is 0 Å². The molecule has 4 aromatic rings. The van der Waals surface area contributed by atoms with Gasteiger partial charge >= 0.3 is 0 Å². The van der Waals surface area contributed by atoms with E-state index in [1.54, 1.807) is 55.1 Å². The number of aryl methyl sites for hydroxylation is 1. The molecule has 0 amide bonds. The zero-order chi connectivity index (χ0) is 26.6. The molecule has 0 aliphatic rings. The summed E-state index contributed by atoms with van der Waals surface area (Å²) < 4.78 is 47.9. The van der Waals surface area contributed by atoms with Gasteiger partial charge in [0.25, 0.3) is 0 Å². The van der Waals surface area contributed by atoms with Crippen LogP contribution in [0.15, 0.2) is 55.1 Å². The lowest BCUT2D eigenvalue weighted by atomic mass is 10.2. The Labute approximate surface area is 214 Å². The zero-order valence-corrected chi connectivity index (χ0v) is 21.8. The van der Waals surface area contributed by atoms with Crippen LogP contribution in [0.25, 0.3) is 17.1 Å². The molecule has 37 heavy (non-hydrogen) atoms. The van der Waals surface area contributed by atoms with Crippen LogP contribution in [0.3, 0.4) is 0 Å². The van der Waals surface area contributed by atoms with Crippen molar-refractivity contribution in [2.24, 2.45) is 0 Å². The Morgan fingerprint density at radius 3 is 2.19 bits per heavy atom. The van der Waals surface area contributed by atoms with Gasteiger partial charge in [-0.2, -0.15) is 0 Å². The number of ether oxygens (including phenoxy) is 3. The topological polar surface area (TPSA) is 143 Å². The molecule has 13 heteroatoms. The number of para-hydroxylation sites is 1. The molecule has 0 radical (unpaired) electrons. The summed E-state index contributed by atoms with van der Waals surface area (Å²) in [5, 5.41) is 7.35. The maximum atomic E-state index is 13.6. The smallest absolute Gasteiger partial charge is 0.243 e. The Hall–Kier alpha value is -4.10. The van der Waals surface area contributed by atoms with Gasteiger partial charge in [0.15, 0.2) is 11.6 Å². The van der Waals surface area contributed by atoms with Gasteiger partial charge in [-0.3, -0.25) is 14.3 Å². The third kappa shape index (κ3) is 5.22. The fourth-order valence-corrected chi connectivity index (χ4v) is 4.87. The highest BCUT2D eigenvalue weighted by atomic mass is 32.2. The molecule has 0 aliphatic heterocycles. The van der Waals surface area contributed by atoms with Crippen molar-refractivity contribution in [2.75, 3.05) is 26.1 Å². The van der Waals surface area contributed by atoms with Gasteiger partial charge < -0.3 is 14.2 Å². The van der Waals surface area contributed by atoms with E-state index in [0.717, 1.165) is 5.56 Å². The van der Waals surface area contributed by atoms with Gasteiger partial charge in [0.2, 0.25) is 16.0 Å². The lowest BCUT2D eigenvalue weighted by Gasteiger charge is -2.23. The first kappa shape index (κ1) is 26.0. The zero-order valence-electron chi connectivity index (χ0n) is 21.0. The lowest BCUT2D eigenvalue weighted by molar-refractivity contribution is 0.0949. The molecule has 0 spiro atoms. The highest BCUT2D eigenvalue weighted by Gasteiger charge is 2.35. The minimum atomic E-state index is -4.10. The predicted octanol–water partition coefficient (Wildman–Crippen LogP) is 2.96. The second-order valence-corrected chi connectivity index (χ2v) is 10.1. The monoisotopic (exact) mass is 525 g/mol. The quantitative estimate of drug-likeness (QED) is 0.328. The molecule has 1 unspecified atom stereocenters. The van der Waals surface area contributed by atoms with Gasteiger partial charge in [0.05, 0.1) is 14.2 Å². The average molecular weight is 526 g/mol. The first-order valence-corrected chi connectivity index (χ1v) is 12.8. The SMILES string of the molecule is COc1cccc(OC)c1-n1c(NS(=O)(=O)C(C)[C@@H](OC)c2ncc(C)cn2)nnc1-c1cccnc1. The maximum Gasteiger partial charge on any atom is 0.243 e. The molecule has 0 bridgehead atoms. The van der Waals surface area contributed by atoms with Gasteiger partial charge in [-0.15, -0.1) is 10.2 Å². The summed E-state index contributed by atoms with van der Waals surface area (Å²) in [5.41, 5.74) is 1.85. The van der Waals surface area contributed by atoms with Crippen LogP contribution in [0.5, 0.6) is 11.5 Å². The van der Waals surface area contributed by atoms with Crippen molar-refractivity contribution in [3.8, 4) is 28.6 Å². The summed E-state index contributed by atoms with van der Waals surface area (Å²) in [6, 6.07) is 8.73. The van der Waals surface area contributed by atoms with Crippen molar-refractivity contribution in [3.63, 3.8) is 0 Å². The molecule has 2 atom stereocenters. The summed E-state index contributed by atoms with van der Waals surface area (Å²) in [6.07, 6.45) is 5.49. The van der Waals surface area contributed by atoms with E-state index >= 15 is 0 Å². The average Bonchev–Trinajstić information content (AvgIpc) is 3.32. The van der Waals surface area contributed by atoms with Crippen LogP contribution in [-0.4, -0.2) is 64.7 Å². The number of methoxy groups -OCH3 is 3. The molecule has 3 aromatic heterocycles. The number of hydrogen-bond acceptors (Lipinski definition) is 10. The second kappa shape index (κ2) is 10.9. The lowest BCUT2D eigenvalue weighted by Crippen LogP contribution is -2.33. The number of pyridine rings is 1. The Morgan fingerprint density at radius 2 is 1.62 bits per heavy atom. The van der Waals surface area contributed by atoms with Gasteiger partial charge in [0.1, 0.15) is 28.5 Å². The van der Waals surface area contributed by atoms with E-state index in [1.807, 2.05) is 6.92 Å². The Kier molecular flexibility index (Phi) is 7.64. The van der Waals surface area contributed by atoms with Crippen molar-refractivity contribution in [2.45, 2.75) is 25.2 Å². The molecular formula is C24H27N7O5S. The van der Waals surface area contributed by atoms with Gasteiger partial charge in [-0.25, -0.2) is 18.4 Å². The first-order valence-electron chi connectivity index (χ1n) is 11.2. The molecule has 0 aliphatic carbocycles. The van der Waals surface area contributed by atoms with Crippen LogP contribution >= 0.6 is 0 Å². The van der Waals surface area contributed by atoms with Crippen LogP contribution in [0, 0.1) is 6.92 Å². The molecule has 194 valence electrons. The largest absolute Gasteiger partial charge is 0.494 e. The number of rotatable bonds is 10. The van der Waals surface area contributed by atoms with Crippen LogP contribution < -0.4 is 14.2 Å². The predicted molar refractivity (Wildman–Crippen MR) is 136 cm³/mol. The number of hydrogen-bond donors (Lipinski definition) is 1. The van der Waals surface area contributed by atoms with Crippen molar-refractivity contribution >= 4 is 16.0 Å². The molecule has 4 rings (SSSR count). The van der Waals surface area contributed by atoms with E-state index < -0.39 is 21.4 Å². The Morgan fingerprint density at radius 1 is 0.946 bits per heavy atom. The van der Waals surface area contributed by atoms with Crippen LogP contribution in [0.1, 0.15) is 24.4 Å². The van der Waals surface area contributed by atoms with E-state index in [1.165, 1.54) is 32.8 Å². The van der Waals surface area contributed by atoms with Crippen LogP contribution in [0.4, 0.5) is 5.95 Å². The number of nitrogens with one attached hydrogen (secondary N) is 1. The number of nitrogens with zero attached hydrogens (tertiary/aromatic N) is 6. The summed E-state index contributed by atoms with van der Waals surface area (Å²) in [5.74, 6) is 1.33.